The summed E-state index contributed by atoms with van der Waals surface area (Å²) in [5.41, 5.74) is 8.43. The van der Waals surface area contributed by atoms with E-state index in [-0.39, 0.29) is 0 Å². The lowest BCUT2D eigenvalue weighted by Crippen LogP contribution is -2.12. The first kappa shape index (κ1) is 21.9. The van der Waals surface area contributed by atoms with Gasteiger partial charge in [0.25, 0.3) is 0 Å². The van der Waals surface area contributed by atoms with Gasteiger partial charge in [0.1, 0.15) is 17.4 Å². The summed E-state index contributed by atoms with van der Waals surface area (Å²) in [5.74, 6) is 2.34. The van der Waals surface area contributed by atoms with Gasteiger partial charge in [-0.1, -0.05) is 12.1 Å². The molecule has 0 spiro atoms. The van der Waals surface area contributed by atoms with Crippen LogP contribution in [0.4, 0.5) is 5.95 Å². The van der Waals surface area contributed by atoms with Crippen molar-refractivity contribution in [1.82, 2.24) is 24.6 Å². The van der Waals surface area contributed by atoms with Gasteiger partial charge in [-0.15, -0.1) is 10.2 Å². The lowest BCUT2D eigenvalue weighted by molar-refractivity contribution is 0.175. The zero-order valence-corrected chi connectivity index (χ0v) is 18.3. The van der Waals surface area contributed by atoms with Crippen LogP contribution >= 0.6 is 0 Å². The average molecular weight is 444 g/mol. The highest BCUT2D eigenvalue weighted by atomic mass is 16.5. The van der Waals surface area contributed by atoms with Crippen LogP contribution in [-0.4, -0.2) is 49.7 Å². The Kier molecular flexibility index (Phi) is 6.56. The Labute approximate surface area is 190 Å². The van der Waals surface area contributed by atoms with Gasteiger partial charge >= 0.3 is 0 Å². The Balaban J connectivity index is 1.55. The molecule has 1 atom stereocenters. The van der Waals surface area contributed by atoms with Crippen molar-refractivity contribution < 1.29 is 9.84 Å². The zero-order chi connectivity index (χ0) is 23.2. The molecule has 1 unspecified atom stereocenters. The highest BCUT2D eigenvalue weighted by molar-refractivity contribution is 6.02. The van der Waals surface area contributed by atoms with Crippen molar-refractivity contribution in [2.75, 3.05) is 19.5 Å². The fourth-order valence-electron chi connectivity index (χ4n) is 3.31. The van der Waals surface area contributed by atoms with E-state index < -0.39 is 6.10 Å². The van der Waals surface area contributed by atoms with Crippen LogP contribution in [0.3, 0.4) is 0 Å². The number of aliphatic imine (C=N–C) groups is 1. The molecule has 168 valence electrons. The number of hydrogen-bond donors (Lipinski definition) is 3. The van der Waals surface area contributed by atoms with Crippen molar-refractivity contribution in [3.8, 4) is 17.0 Å². The number of amidine groups is 1. The number of nitrogens with zero attached hydrogens (tertiary/aromatic N) is 6. The molecule has 0 aliphatic heterocycles. The van der Waals surface area contributed by atoms with Gasteiger partial charge in [-0.3, -0.25) is 9.39 Å². The van der Waals surface area contributed by atoms with Crippen LogP contribution in [0.5, 0.6) is 5.75 Å². The van der Waals surface area contributed by atoms with E-state index in [4.69, 9.17) is 10.5 Å². The summed E-state index contributed by atoms with van der Waals surface area (Å²) >= 11 is 0. The van der Waals surface area contributed by atoms with Crippen molar-refractivity contribution in [3.05, 3.63) is 78.5 Å². The number of ether oxygens (including phenoxy) is 1. The van der Waals surface area contributed by atoms with Crippen LogP contribution in [0.1, 0.15) is 17.5 Å². The molecule has 4 rings (SSSR count). The molecule has 0 saturated heterocycles. The van der Waals surface area contributed by atoms with Crippen LogP contribution in [-0.2, 0) is 6.42 Å². The lowest BCUT2D eigenvalue weighted by Gasteiger charge is -2.11. The summed E-state index contributed by atoms with van der Waals surface area (Å²) in [7, 11) is 3.26. The fourth-order valence-corrected chi connectivity index (χ4v) is 3.31. The largest absolute Gasteiger partial charge is 0.497 e. The molecule has 0 fully saturated rings. The number of hydrogen-bond acceptors (Lipinski definition) is 8. The van der Waals surface area contributed by atoms with Gasteiger partial charge in [0.05, 0.1) is 18.9 Å². The summed E-state index contributed by atoms with van der Waals surface area (Å²) in [5, 5.41) is 22.2. The Bertz CT molecular complexity index is 1300. The molecule has 10 heteroatoms. The van der Waals surface area contributed by atoms with E-state index in [9.17, 15) is 5.11 Å². The molecule has 0 amide bonds. The Morgan fingerprint density at radius 1 is 1.24 bits per heavy atom. The highest BCUT2D eigenvalue weighted by Gasteiger charge is 2.15. The van der Waals surface area contributed by atoms with Gasteiger partial charge < -0.3 is 20.9 Å². The van der Waals surface area contributed by atoms with Gasteiger partial charge in [-0.2, -0.15) is 0 Å². The summed E-state index contributed by atoms with van der Waals surface area (Å²) in [6.45, 7) is 0. The van der Waals surface area contributed by atoms with E-state index in [0.29, 0.717) is 35.4 Å². The third kappa shape index (κ3) is 4.96. The average Bonchev–Trinajstić information content (AvgIpc) is 3.25. The maximum absolute atomic E-state index is 10.6. The van der Waals surface area contributed by atoms with Crippen molar-refractivity contribution in [1.29, 1.82) is 0 Å². The first-order valence-electron chi connectivity index (χ1n) is 10.2. The molecule has 10 nitrogen and oxygen atoms in total. The number of pyridine rings is 1. The third-order valence-corrected chi connectivity index (χ3v) is 5.04. The van der Waals surface area contributed by atoms with Gasteiger partial charge in [0.2, 0.25) is 5.95 Å². The monoisotopic (exact) mass is 444 g/mol. The Morgan fingerprint density at radius 3 is 2.79 bits per heavy atom. The van der Waals surface area contributed by atoms with Crippen LogP contribution in [0.15, 0.2) is 72.1 Å². The first-order chi connectivity index (χ1) is 16.1. The maximum atomic E-state index is 10.6. The normalized spacial score (nSPS) is 12.9. The highest BCUT2D eigenvalue weighted by Crippen LogP contribution is 2.23. The van der Waals surface area contributed by atoms with Crippen LogP contribution in [0, 0.1) is 0 Å². The van der Waals surface area contributed by atoms with Crippen LogP contribution < -0.4 is 15.8 Å². The summed E-state index contributed by atoms with van der Waals surface area (Å²) in [4.78, 5) is 12.9. The number of aliphatic hydroxyl groups excluding tert-OH is 1. The van der Waals surface area contributed by atoms with E-state index in [1.807, 2.05) is 53.1 Å². The summed E-state index contributed by atoms with van der Waals surface area (Å²) in [6.07, 6.45) is 6.15. The lowest BCUT2D eigenvalue weighted by atomic mass is 10.1. The van der Waals surface area contributed by atoms with E-state index in [1.54, 1.807) is 26.4 Å². The summed E-state index contributed by atoms with van der Waals surface area (Å²) in [6, 6.07) is 12.9. The topological polar surface area (TPSA) is 136 Å². The van der Waals surface area contributed by atoms with Crippen LogP contribution in [0.25, 0.3) is 16.9 Å². The molecule has 4 N–H and O–H groups in total. The van der Waals surface area contributed by atoms with Crippen molar-refractivity contribution >= 4 is 17.4 Å². The molecule has 0 radical (unpaired) electrons. The Morgan fingerprint density at radius 2 is 2.06 bits per heavy atom. The van der Waals surface area contributed by atoms with Crippen molar-refractivity contribution in [2.24, 2.45) is 10.7 Å². The minimum atomic E-state index is -0.713. The smallest absolute Gasteiger partial charge is 0.228 e. The molecule has 33 heavy (non-hydrogen) atoms. The first-order valence-corrected chi connectivity index (χ1v) is 10.2. The van der Waals surface area contributed by atoms with E-state index in [1.165, 1.54) is 6.20 Å². The Hall–Kier alpha value is -4.31. The molecule has 0 saturated carbocycles. The number of aliphatic hydroxyl groups is 1. The van der Waals surface area contributed by atoms with Crippen molar-refractivity contribution in [3.63, 3.8) is 0 Å². The molecule has 3 heterocycles. The second-order valence-corrected chi connectivity index (χ2v) is 7.11. The minimum Gasteiger partial charge on any atom is -0.497 e. The number of aromatic nitrogens is 5. The number of fused-ring (bicyclic) bond motifs is 1. The number of nitrogens with two attached hydrogens (primary N) is 1. The third-order valence-electron chi connectivity index (χ3n) is 5.04. The standard InChI is InChI=1S/C23H24N8O2/c1-25-20(7-10-24)28-23-26-11-8-18(27-23)16-9-12-31-21(13-16)29-30-22(31)14-19(32)15-3-5-17(33-2)6-4-15/h3-13,19,32H,14,24H2,1-2H3,(H,25,26,27,28). The number of benzene rings is 1. The van der Waals surface area contributed by atoms with Crippen molar-refractivity contribution in [2.45, 2.75) is 12.5 Å². The number of rotatable bonds is 7. The summed E-state index contributed by atoms with van der Waals surface area (Å²) < 4.78 is 7.02. The maximum Gasteiger partial charge on any atom is 0.228 e. The second-order valence-electron chi connectivity index (χ2n) is 7.11. The fraction of sp³-hybridized carbons (Fsp3) is 0.174. The predicted molar refractivity (Wildman–Crippen MR) is 126 cm³/mol. The predicted octanol–water partition coefficient (Wildman–Crippen LogP) is 2.38. The van der Waals surface area contributed by atoms with Gasteiger partial charge in [-0.05, 0) is 48.2 Å². The molecule has 0 bridgehead atoms. The second kappa shape index (κ2) is 9.88. The SMILES string of the molecule is CN=C(C=CN)Nc1nccc(-c2ccn3c(CC(O)c4ccc(OC)cc4)nnc3c2)n1. The van der Waals surface area contributed by atoms with Gasteiger partial charge in [-0.25, -0.2) is 9.97 Å². The molecule has 1 aromatic carbocycles. The molecular weight excluding hydrogens is 420 g/mol. The molecular formula is C23H24N8O2. The van der Waals surface area contributed by atoms with Crippen LogP contribution in [0.2, 0.25) is 0 Å². The van der Waals surface area contributed by atoms with E-state index >= 15 is 0 Å². The zero-order valence-electron chi connectivity index (χ0n) is 18.3. The molecule has 3 aromatic heterocycles. The number of nitrogens with one attached hydrogen (secondary N) is 1. The van der Waals surface area contributed by atoms with Gasteiger partial charge in [0.15, 0.2) is 5.65 Å². The number of anilines is 1. The number of methoxy groups -OCH3 is 1. The van der Waals surface area contributed by atoms with E-state index in [0.717, 1.165) is 16.9 Å². The minimum absolute atomic E-state index is 0.322. The molecule has 0 aliphatic rings. The molecule has 0 aliphatic carbocycles. The molecule has 4 aromatic rings. The quantitative estimate of drug-likeness (QED) is 0.292. The van der Waals surface area contributed by atoms with E-state index in [2.05, 4.69) is 30.5 Å². The van der Waals surface area contributed by atoms with Gasteiger partial charge in [0, 0.05) is 31.4 Å².